The first-order valence-electron chi connectivity index (χ1n) is 13.2. The van der Waals surface area contributed by atoms with E-state index in [4.69, 9.17) is 4.98 Å². The summed E-state index contributed by atoms with van der Waals surface area (Å²) in [7, 11) is 0. The third kappa shape index (κ3) is 3.86. The lowest BCUT2D eigenvalue weighted by atomic mass is 9.78. The van der Waals surface area contributed by atoms with E-state index >= 15 is 0 Å². The van der Waals surface area contributed by atoms with Crippen molar-refractivity contribution in [2.24, 2.45) is 11.8 Å². The van der Waals surface area contributed by atoms with Gasteiger partial charge in [-0.15, -0.1) is 0 Å². The van der Waals surface area contributed by atoms with Crippen LogP contribution in [-0.2, 0) is 6.42 Å². The van der Waals surface area contributed by atoms with E-state index in [-0.39, 0.29) is 0 Å². The van der Waals surface area contributed by atoms with E-state index in [1.54, 1.807) is 0 Å². The second kappa shape index (κ2) is 9.00. The van der Waals surface area contributed by atoms with Gasteiger partial charge in [-0.25, -0.2) is 4.98 Å². The Bertz CT molecular complexity index is 1410. The molecule has 176 valence electrons. The standard InChI is InChI=1S/C33H34N2/c1-4-23-18-28(24-10-6-5-7-11-24)21-30(22(2)3)32(23)35-17-16-34-33(35)27-15-14-26-19-25-12-8-9-13-29(25)31(26)20-27/h6,8-17,20-22,28H,4-5,7,18-19H2,1-3H3. The Kier molecular flexibility index (Phi) is 5.68. The van der Waals surface area contributed by atoms with Crippen molar-refractivity contribution in [3.05, 3.63) is 107 Å². The highest BCUT2D eigenvalue weighted by Crippen LogP contribution is 2.43. The van der Waals surface area contributed by atoms with Crippen molar-refractivity contribution < 1.29 is 0 Å². The first-order valence-corrected chi connectivity index (χ1v) is 13.2. The lowest BCUT2D eigenvalue weighted by Crippen LogP contribution is -2.17. The third-order valence-electron chi connectivity index (χ3n) is 7.89. The molecule has 3 aromatic rings. The van der Waals surface area contributed by atoms with Crippen LogP contribution in [0.3, 0.4) is 0 Å². The summed E-state index contributed by atoms with van der Waals surface area (Å²) >= 11 is 0. The Labute approximate surface area is 209 Å². The van der Waals surface area contributed by atoms with E-state index in [1.165, 1.54) is 63.1 Å². The number of allylic oxidation sites excluding steroid dienone is 8. The lowest BCUT2D eigenvalue weighted by molar-refractivity contribution is 0.673. The summed E-state index contributed by atoms with van der Waals surface area (Å²) in [4.78, 5) is 4.89. The largest absolute Gasteiger partial charge is 0.300 e. The topological polar surface area (TPSA) is 17.8 Å². The van der Waals surface area contributed by atoms with E-state index in [0.29, 0.717) is 11.8 Å². The smallest absolute Gasteiger partial charge is 0.144 e. The number of aromatic nitrogens is 2. The van der Waals surface area contributed by atoms with Gasteiger partial charge in [-0.2, -0.15) is 0 Å². The van der Waals surface area contributed by atoms with Crippen LogP contribution in [0.15, 0.2) is 95.9 Å². The first-order chi connectivity index (χ1) is 17.1. The molecule has 0 N–H and O–H groups in total. The van der Waals surface area contributed by atoms with Crippen LogP contribution in [0, 0.1) is 11.8 Å². The van der Waals surface area contributed by atoms with E-state index in [2.05, 4.69) is 98.3 Å². The molecule has 2 aromatic carbocycles. The zero-order valence-corrected chi connectivity index (χ0v) is 21.1. The Morgan fingerprint density at radius 3 is 2.69 bits per heavy atom. The van der Waals surface area contributed by atoms with Gasteiger partial charge in [-0.05, 0) is 83.1 Å². The third-order valence-corrected chi connectivity index (χ3v) is 7.89. The molecule has 0 spiro atoms. The summed E-state index contributed by atoms with van der Waals surface area (Å²) < 4.78 is 2.37. The van der Waals surface area contributed by atoms with Crippen LogP contribution in [0.2, 0.25) is 0 Å². The number of hydrogen-bond acceptors (Lipinski definition) is 1. The maximum absolute atomic E-state index is 4.89. The summed E-state index contributed by atoms with van der Waals surface area (Å²) in [6.45, 7) is 6.97. The minimum absolute atomic E-state index is 0.449. The van der Waals surface area contributed by atoms with E-state index in [1.807, 2.05) is 6.20 Å². The predicted octanol–water partition coefficient (Wildman–Crippen LogP) is 8.62. The van der Waals surface area contributed by atoms with Gasteiger partial charge in [-0.3, -0.25) is 4.57 Å². The van der Waals surface area contributed by atoms with Crippen LogP contribution in [0.5, 0.6) is 0 Å². The van der Waals surface area contributed by atoms with Crippen molar-refractivity contribution in [1.29, 1.82) is 0 Å². The molecule has 0 fully saturated rings. The molecule has 1 aromatic heterocycles. The molecule has 0 bridgehead atoms. The number of rotatable bonds is 5. The Morgan fingerprint density at radius 1 is 1.03 bits per heavy atom. The van der Waals surface area contributed by atoms with Gasteiger partial charge in [0, 0.05) is 29.6 Å². The van der Waals surface area contributed by atoms with Gasteiger partial charge in [0.1, 0.15) is 5.82 Å². The molecule has 3 aliphatic carbocycles. The van der Waals surface area contributed by atoms with Crippen molar-refractivity contribution >= 4 is 5.70 Å². The van der Waals surface area contributed by atoms with Crippen LogP contribution in [0.4, 0.5) is 0 Å². The second-order valence-corrected chi connectivity index (χ2v) is 10.4. The fourth-order valence-electron chi connectivity index (χ4n) is 6.09. The van der Waals surface area contributed by atoms with Crippen LogP contribution in [0.1, 0.15) is 57.6 Å². The zero-order chi connectivity index (χ0) is 23.9. The fraction of sp³-hybridized carbons (Fsp3) is 0.303. The molecule has 1 unspecified atom stereocenters. The molecule has 35 heavy (non-hydrogen) atoms. The summed E-state index contributed by atoms with van der Waals surface area (Å²) in [6, 6.07) is 15.7. The molecule has 3 aliphatic rings. The lowest BCUT2D eigenvalue weighted by Gasteiger charge is -2.31. The monoisotopic (exact) mass is 458 g/mol. The number of hydrogen-bond donors (Lipinski definition) is 0. The maximum atomic E-state index is 4.89. The molecule has 1 atom stereocenters. The average molecular weight is 459 g/mol. The van der Waals surface area contributed by atoms with Crippen LogP contribution in [0.25, 0.3) is 28.2 Å². The first kappa shape index (κ1) is 22.1. The molecule has 0 saturated heterocycles. The molecule has 6 rings (SSSR count). The minimum atomic E-state index is 0.449. The van der Waals surface area contributed by atoms with Gasteiger partial charge >= 0.3 is 0 Å². The quantitative estimate of drug-likeness (QED) is 0.293. The highest BCUT2D eigenvalue weighted by atomic mass is 15.1. The molecule has 0 radical (unpaired) electrons. The van der Waals surface area contributed by atoms with Crippen LogP contribution >= 0.6 is 0 Å². The summed E-state index contributed by atoms with van der Waals surface area (Å²) in [5.74, 6) is 1.97. The summed E-state index contributed by atoms with van der Waals surface area (Å²) in [6.07, 6.45) is 19.3. The maximum Gasteiger partial charge on any atom is 0.144 e. The molecule has 1 heterocycles. The van der Waals surface area contributed by atoms with Crippen molar-refractivity contribution in [3.63, 3.8) is 0 Å². The number of nitrogens with zero attached hydrogens (tertiary/aromatic N) is 2. The van der Waals surface area contributed by atoms with E-state index in [9.17, 15) is 0 Å². The number of fused-ring (bicyclic) bond motifs is 3. The van der Waals surface area contributed by atoms with E-state index in [0.717, 1.165) is 25.1 Å². The predicted molar refractivity (Wildman–Crippen MR) is 147 cm³/mol. The van der Waals surface area contributed by atoms with Gasteiger partial charge < -0.3 is 0 Å². The SMILES string of the molecule is CCC1=C(n2ccnc2-c2ccc3c(c2)-c2ccccc2C3)C(C(C)C)=CC(C2=CCCC=C2)C1. The fourth-order valence-corrected chi connectivity index (χ4v) is 6.09. The van der Waals surface area contributed by atoms with Gasteiger partial charge in [0.05, 0.1) is 0 Å². The van der Waals surface area contributed by atoms with Gasteiger partial charge in [0.2, 0.25) is 0 Å². The van der Waals surface area contributed by atoms with Gasteiger partial charge in [0.15, 0.2) is 0 Å². The van der Waals surface area contributed by atoms with Crippen molar-refractivity contribution in [2.45, 2.75) is 52.9 Å². The van der Waals surface area contributed by atoms with E-state index < -0.39 is 0 Å². The number of imidazole rings is 1. The van der Waals surface area contributed by atoms with Crippen molar-refractivity contribution in [2.75, 3.05) is 0 Å². The molecular formula is C33H34N2. The Hall–Kier alpha value is -3.39. The molecule has 0 saturated carbocycles. The highest BCUT2D eigenvalue weighted by Gasteiger charge is 2.28. The van der Waals surface area contributed by atoms with Gasteiger partial charge in [-0.1, -0.05) is 81.5 Å². The van der Waals surface area contributed by atoms with Crippen molar-refractivity contribution in [1.82, 2.24) is 9.55 Å². The average Bonchev–Trinajstić information content (AvgIpc) is 3.52. The Balaban J connectivity index is 1.44. The van der Waals surface area contributed by atoms with Crippen molar-refractivity contribution in [3.8, 4) is 22.5 Å². The second-order valence-electron chi connectivity index (χ2n) is 10.4. The highest BCUT2D eigenvalue weighted by molar-refractivity contribution is 5.82. The normalized spacial score (nSPS) is 19.0. The number of benzene rings is 2. The summed E-state index contributed by atoms with van der Waals surface area (Å²) in [5, 5.41) is 0. The Morgan fingerprint density at radius 2 is 1.89 bits per heavy atom. The summed E-state index contributed by atoms with van der Waals surface area (Å²) in [5.41, 5.74) is 12.6. The molecule has 0 amide bonds. The molecule has 2 nitrogen and oxygen atoms in total. The molecule has 2 heteroatoms. The minimum Gasteiger partial charge on any atom is -0.300 e. The van der Waals surface area contributed by atoms with Crippen LogP contribution < -0.4 is 0 Å². The molecular weight excluding hydrogens is 424 g/mol. The molecule has 0 aliphatic heterocycles. The van der Waals surface area contributed by atoms with Crippen LogP contribution in [-0.4, -0.2) is 9.55 Å². The zero-order valence-electron chi connectivity index (χ0n) is 21.1. The van der Waals surface area contributed by atoms with Gasteiger partial charge in [0.25, 0.3) is 0 Å².